The van der Waals surface area contributed by atoms with Crippen LogP contribution in [0.2, 0.25) is 0 Å². The zero-order valence-electron chi connectivity index (χ0n) is 8.93. The molecule has 0 aliphatic carbocycles. The zero-order chi connectivity index (χ0) is 10.7. The first-order chi connectivity index (χ1) is 7.27. The number of nitrogens with zero attached hydrogens (tertiary/aromatic N) is 1. The number of aryl methyl sites for hydroxylation is 1. The second kappa shape index (κ2) is 5.56. The molecule has 1 heterocycles. The lowest BCUT2D eigenvalue weighted by Crippen LogP contribution is -2.41. The first-order valence-corrected chi connectivity index (χ1v) is 5.07. The van der Waals surface area contributed by atoms with E-state index in [1.54, 1.807) is 4.90 Å². The highest BCUT2D eigenvalue weighted by molar-refractivity contribution is 5.85. The van der Waals surface area contributed by atoms with Gasteiger partial charge in [0.15, 0.2) is 0 Å². The van der Waals surface area contributed by atoms with Crippen LogP contribution in [0.25, 0.3) is 0 Å². The molecule has 0 saturated heterocycles. The number of nitrogens with two attached hydrogens (primary N) is 1. The molecule has 86 valence electrons. The molecule has 1 aromatic rings. The Balaban J connectivity index is 0.00000128. The summed E-state index contributed by atoms with van der Waals surface area (Å²) in [6.45, 7) is 0.666. The molecular formula is C12H15ClN2O. The van der Waals surface area contributed by atoms with Gasteiger partial charge in [-0.05, 0) is 24.5 Å². The van der Waals surface area contributed by atoms with Gasteiger partial charge in [-0.15, -0.1) is 12.4 Å². The summed E-state index contributed by atoms with van der Waals surface area (Å²) in [5.74, 6) is 0. The van der Waals surface area contributed by atoms with Gasteiger partial charge in [-0.1, -0.05) is 30.3 Å². The monoisotopic (exact) mass is 238 g/mol. The summed E-state index contributed by atoms with van der Waals surface area (Å²) in [4.78, 5) is 12.5. The van der Waals surface area contributed by atoms with E-state index in [2.05, 4.69) is 12.1 Å². The van der Waals surface area contributed by atoms with Gasteiger partial charge in [0, 0.05) is 12.2 Å². The molecule has 0 unspecified atom stereocenters. The van der Waals surface area contributed by atoms with Crippen LogP contribution in [0.15, 0.2) is 42.1 Å². The Hall–Kier alpha value is -1.48. The Morgan fingerprint density at radius 2 is 1.94 bits per heavy atom. The number of primary amides is 1. The maximum absolute atomic E-state index is 10.9. The zero-order valence-corrected chi connectivity index (χ0v) is 9.74. The van der Waals surface area contributed by atoms with Crippen molar-refractivity contribution in [2.45, 2.75) is 12.8 Å². The summed E-state index contributed by atoms with van der Waals surface area (Å²) in [5, 5.41) is 0. The van der Waals surface area contributed by atoms with Crippen molar-refractivity contribution in [3.05, 3.63) is 47.7 Å². The highest BCUT2D eigenvalue weighted by atomic mass is 35.5. The van der Waals surface area contributed by atoms with Gasteiger partial charge < -0.3 is 5.73 Å². The third kappa shape index (κ3) is 2.76. The van der Waals surface area contributed by atoms with E-state index in [9.17, 15) is 4.79 Å². The van der Waals surface area contributed by atoms with Crippen LogP contribution in [-0.2, 0) is 6.42 Å². The lowest BCUT2D eigenvalue weighted by atomic mass is 10.0. The molecule has 2 N–H and O–H groups in total. The Morgan fingerprint density at radius 1 is 1.25 bits per heavy atom. The summed E-state index contributed by atoms with van der Waals surface area (Å²) in [5.41, 5.74) is 7.54. The minimum absolute atomic E-state index is 0. The first kappa shape index (κ1) is 12.6. The molecule has 4 heteroatoms. The topological polar surface area (TPSA) is 46.3 Å². The minimum atomic E-state index is -0.347. The van der Waals surface area contributed by atoms with Gasteiger partial charge in [-0.25, -0.2) is 4.79 Å². The second-order valence-electron chi connectivity index (χ2n) is 3.63. The van der Waals surface area contributed by atoms with Crippen molar-refractivity contribution in [3.8, 4) is 0 Å². The third-order valence-corrected chi connectivity index (χ3v) is 2.63. The molecule has 2 rings (SSSR count). The maximum atomic E-state index is 10.9. The van der Waals surface area contributed by atoms with Crippen molar-refractivity contribution in [1.82, 2.24) is 4.90 Å². The molecule has 0 fully saturated rings. The van der Waals surface area contributed by atoms with Gasteiger partial charge >= 0.3 is 6.03 Å². The molecule has 0 saturated carbocycles. The number of hydrogen-bond donors (Lipinski definition) is 1. The van der Waals surface area contributed by atoms with E-state index in [0.717, 1.165) is 18.5 Å². The highest BCUT2D eigenvalue weighted by Crippen LogP contribution is 2.20. The molecule has 0 radical (unpaired) electrons. The molecule has 1 aliphatic heterocycles. The molecule has 1 aliphatic rings. The van der Waals surface area contributed by atoms with Crippen molar-refractivity contribution in [1.29, 1.82) is 0 Å². The fourth-order valence-corrected chi connectivity index (χ4v) is 1.70. The van der Waals surface area contributed by atoms with Gasteiger partial charge in [0.1, 0.15) is 0 Å². The number of allylic oxidation sites excluding steroid dienone is 1. The van der Waals surface area contributed by atoms with E-state index in [-0.39, 0.29) is 18.4 Å². The van der Waals surface area contributed by atoms with Gasteiger partial charge in [0.05, 0.1) is 0 Å². The summed E-state index contributed by atoms with van der Waals surface area (Å²) in [6, 6.07) is 9.89. The smallest absolute Gasteiger partial charge is 0.319 e. The number of carbonyl (C=O) groups is 1. The normalized spacial score (nSPS) is 13.5. The number of rotatable bonds is 3. The third-order valence-electron chi connectivity index (χ3n) is 2.63. The van der Waals surface area contributed by atoms with Crippen LogP contribution in [-0.4, -0.2) is 17.5 Å². The summed E-state index contributed by atoms with van der Waals surface area (Å²) in [7, 11) is 0. The van der Waals surface area contributed by atoms with Crippen molar-refractivity contribution >= 4 is 18.4 Å². The largest absolute Gasteiger partial charge is 0.351 e. The highest BCUT2D eigenvalue weighted by Gasteiger charge is 2.20. The number of benzene rings is 1. The summed E-state index contributed by atoms with van der Waals surface area (Å²) >= 11 is 0. The molecular weight excluding hydrogens is 224 g/mol. The fourth-order valence-electron chi connectivity index (χ4n) is 1.70. The van der Waals surface area contributed by atoms with E-state index < -0.39 is 0 Å². The maximum Gasteiger partial charge on any atom is 0.319 e. The van der Waals surface area contributed by atoms with Crippen molar-refractivity contribution in [3.63, 3.8) is 0 Å². The number of hydrogen-bond acceptors (Lipinski definition) is 1. The predicted molar refractivity (Wildman–Crippen MR) is 66.4 cm³/mol. The molecule has 0 aromatic heterocycles. The molecule has 0 spiro atoms. The average molecular weight is 239 g/mol. The quantitative estimate of drug-likeness (QED) is 0.863. The van der Waals surface area contributed by atoms with Crippen LogP contribution in [0.1, 0.15) is 12.0 Å². The number of halogens is 1. The Labute approximate surface area is 101 Å². The number of amides is 2. The van der Waals surface area contributed by atoms with Crippen LogP contribution in [0, 0.1) is 0 Å². The van der Waals surface area contributed by atoms with Crippen LogP contribution in [0.4, 0.5) is 4.79 Å². The number of carbonyl (C=O) groups excluding carboxylic acids is 1. The van der Waals surface area contributed by atoms with Gasteiger partial charge in [-0.2, -0.15) is 0 Å². The molecule has 2 amide bonds. The lowest BCUT2D eigenvalue weighted by molar-refractivity contribution is 0.216. The van der Waals surface area contributed by atoms with Gasteiger partial charge in [0.2, 0.25) is 0 Å². The van der Waals surface area contributed by atoms with Gasteiger partial charge in [-0.3, -0.25) is 4.90 Å². The van der Waals surface area contributed by atoms with E-state index in [0.29, 0.717) is 6.54 Å². The van der Waals surface area contributed by atoms with Crippen LogP contribution < -0.4 is 5.73 Å². The lowest BCUT2D eigenvalue weighted by Gasteiger charge is -2.30. The Bertz CT molecular complexity index is 389. The van der Waals surface area contributed by atoms with Crippen molar-refractivity contribution in [2.75, 3.05) is 6.54 Å². The molecule has 0 bridgehead atoms. The summed E-state index contributed by atoms with van der Waals surface area (Å²) < 4.78 is 0. The van der Waals surface area contributed by atoms with Crippen LogP contribution >= 0.6 is 12.4 Å². The van der Waals surface area contributed by atoms with Crippen molar-refractivity contribution in [2.24, 2.45) is 5.73 Å². The summed E-state index contributed by atoms with van der Waals surface area (Å²) in [6.07, 6.45) is 3.89. The number of urea groups is 1. The molecule has 16 heavy (non-hydrogen) atoms. The Kier molecular flexibility index (Phi) is 4.38. The van der Waals surface area contributed by atoms with E-state index in [1.165, 1.54) is 5.56 Å². The SMILES string of the molecule is Cl.NC(=O)N1CC=C1CCc1ccccc1. The predicted octanol–water partition coefficient (Wildman–Crippen LogP) is 2.32. The van der Waals surface area contributed by atoms with Crippen LogP contribution in [0.5, 0.6) is 0 Å². The van der Waals surface area contributed by atoms with Crippen LogP contribution in [0.3, 0.4) is 0 Å². The molecule has 3 nitrogen and oxygen atoms in total. The second-order valence-corrected chi connectivity index (χ2v) is 3.63. The first-order valence-electron chi connectivity index (χ1n) is 5.07. The van der Waals surface area contributed by atoms with E-state index >= 15 is 0 Å². The average Bonchev–Trinajstić information content (AvgIpc) is 2.17. The Morgan fingerprint density at radius 3 is 2.44 bits per heavy atom. The van der Waals surface area contributed by atoms with E-state index in [1.807, 2.05) is 24.3 Å². The molecule has 0 atom stereocenters. The fraction of sp³-hybridized carbons (Fsp3) is 0.250. The van der Waals surface area contributed by atoms with Crippen molar-refractivity contribution < 1.29 is 4.79 Å². The van der Waals surface area contributed by atoms with Gasteiger partial charge in [0.25, 0.3) is 0 Å². The minimum Gasteiger partial charge on any atom is -0.351 e. The molecule has 1 aromatic carbocycles. The van der Waals surface area contributed by atoms with E-state index in [4.69, 9.17) is 5.73 Å². The standard InChI is InChI=1S/C12H14N2O.ClH/c13-12(15)14-9-8-11(14)7-6-10-4-2-1-3-5-10;/h1-5,8H,6-7,9H2,(H2,13,15);1H.